The van der Waals surface area contributed by atoms with Gasteiger partial charge in [0.1, 0.15) is 12.6 Å². The second-order valence-electron chi connectivity index (χ2n) is 6.88. The first-order valence-corrected chi connectivity index (χ1v) is 9.74. The number of aryl methyl sites for hydroxylation is 1. The van der Waals surface area contributed by atoms with E-state index in [4.69, 9.17) is 18.7 Å². The number of amides is 1. The lowest BCUT2D eigenvalue weighted by Gasteiger charge is -2.33. The van der Waals surface area contributed by atoms with Gasteiger partial charge < -0.3 is 23.6 Å². The van der Waals surface area contributed by atoms with Gasteiger partial charge in [0.05, 0.1) is 13.7 Å². The molecule has 3 rings (SSSR count). The summed E-state index contributed by atoms with van der Waals surface area (Å²) in [6.07, 6.45) is 2.30. The Bertz CT molecular complexity index is 863. The number of likely N-dealkylation sites (tertiary alicyclic amines) is 1. The Morgan fingerprint density at radius 1 is 1.24 bits per heavy atom. The lowest BCUT2D eigenvalue weighted by atomic mass is 10.0. The van der Waals surface area contributed by atoms with Crippen LogP contribution in [0.2, 0.25) is 0 Å². The van der Waals surface area contributed by atoms with Gasteiger partial charge in [-0.25, -0.2) is 4.79 Å². The SMILES string of the molecule is CCOC(=O)C1CCCCN1C(=O)c1cc(COc2ccc(C)cc2OC)on1. The number of carbonyl (C=O) groups excluding carboxylic acids is 2. The molecule has 1 atom stereocenters. The number of esters is 1. The van der Waals surface area contributed by atoms with Gasteiger partial charge in [-0.2, -0.15) is 0 Å². The largest absolute Gasteiger partial charge is 0.493 e. The van der Waals surface area contributed by atoms with Crippen LogP contribution < -0.4 is 9.47 Å². The number of benzene rings is 1. The van der Waals surface area contributed by atoms with Gasteiger partial charge in [-0.3, -0.25) is 4.79 Å². The quantitative estimate of drug-likeness (QED) is 0.657. The van der Waals surface area contributed by atoms with E-state index in [9.17, 15) is 9.59 Å². The van der Waals surface area contributed by atoms with E-state index < -0.39 is 6.04 Å². The summed E-state index contributed by atoms with van der Waals surface area (Å²) in [4.78, 5) is 26.6. The third kappa shape index (κ3) is 4.88. The van der Waals surface area contributed by atoms with Crippen molar-refractivity contribution in [2.45, 2.75) is 45.8 Å². The molecule has 0 bridgehead atoms. The number of ether oxygens (including phenoxy) is 3. The summed E-state index contributed by atoms with van der Waals surface area (Å²) < 4.78 is 21.4. The molecular formula is C21H26N2O6. The molecule has 0 N–H and O–H groups in total. The van der Waals surface area contributed by atoms with Gasteiger partial charge in [-0.15, -0.1) is 0 Å². The molecule has 8 heteroatoms. The van der Waals surface area contributed by atoms with Crippen LogP contribution in [-0.2, 0) is 16.1 Å². The van der Waals surface area contributed by atoms with Crippen LogP contribution in [0, 0.1) is 6.92 Å². The van der Waals surface area contributed by atoms with E-state index in [0.29, 0.717) is 30.2 Å². The topological polar surface area (TPSA) is 91.1 Å². The lowest BCUT2D eigenvalue weighted by molar-refractivity contribution is -0.149. The van der Waals surface area contributed by atoms with E-state index in [0.717, 1.165) is 18.4 Å². The summed E-state index contributed by atoms with van der Waals surface area (Å²) in [6, 6.07) is 6.56. The molecule has 1 saturated heterocycles. The van der Waals surface area contributed by atoms with Crippen LogP contribution in [0.15, 0.2) is 28.8 Å². The summed E-state index contributed by atoms with van der Waals surface area (Å²) in [5, 5.41) is 3.87. The lowest BCUT2D eigenvalue weighted by Crippen LogP contribution is -2.48. The predicted octanol–water partition coefficient (Wildman–Crippen LogP) is 3.13. The Balaban J connectivity index is 1.67. The molecule has 1 aromatic carbocycles. The maximum Gasteiger partial charge on any atom is 0.328 e. The summed E-state index contributed by atoms with van der Waals surface area (Å²) in [6.45, 7) is 4.58. The van der Waals surface area contributed by atoms with Crippen LogP contribution in [0.1, 0.15) is 48.0 Å². The molecular weight excluding hydrogens is 376 g/mol. The van der Waals surface area contributed by atoms with Crippen molar-refractivity contribution < 1.29 is 28.3 Å². The monoisotopic (exact) mass is 402 g/mol. The standard InChI is InChI=1S/C21H26N2O6/c1-4-27-21(25)17-7-5-6-10-23(17)20(24)16-12-15(29-22-16)13-28-18-9-8-14(2)11-19(18)26-3/h8-9,11-12,17H,4-7,10,13H2,1-3H3. The van der Waals surface area contributed by atoms with E-state index in [1.165, 1.54) is 4.90 Å². The first-order valence-electron chi connectivity index (χ1n) is 9.74. The molecule has 1 fully saturated rings. The zero-order chi connectivity index (χ0) is 20.8. The summed E-state index contributed by atoms with van der Waals surface area (Å²) in [5.41, 5.74) is 1.20. The normalized spacial score (nSPS) is 16.4. The van der Waals surface area contributed by atoms with E-state index in [1.54, 1.807) is 20.1 Å². The molecule has 0 radical (unpaired) electrons. The highest BCUT2D eigenvalue weighted by Gasteiger charge is 2.34. The van der Waals surface area contributed by atoms with E-state index in [1.807, 2.05) is 25.1 Å². The molecule has 1 unspecified atom stereocenters. The van der Waals surface area contributed by atoms with Gasteiger partial charge >= 0.3 is 5.97 Å². The molecule has 0 spiro atoms. The van der Waals surface area contributed by atoms with Crippen LogP contribution in [0.5, 0.6) is 11.5 Å². The minimum Gasteiger partial charge on any atom is -0.493 e. The molecule has 2 heterocycles. The van der Waals surface area contributed by atoms with Crippen LogP contribution in [0.3, 0.4) is 0 Å². The maximum absolute atomic E-state index is 12.9. The van der Waals surface area contributed by atoms with Crippen LogP contribution in [0.4, 0.5) is 0 Å². The van der Waals surface area contributed by atoms with Gasteiger partial charge in [0.25, 0.3) is 5.91 Å². The summed E-state index contributed by atoms with van der Waals surface area (Å²) in [7, 11) is 1.57. The highest BCUT2D eigenvalue weighted by Crippen LogP contribution is 2.28. The fraction of sp³-hybridized carbons (Fsp3) is 0.476. The third-order valence-electron chi connectivity index (χ3n) is 4.79. The number of carbonyl (C=O) groups is 2. The molecule has 1 aromatic heterocycles. The van der Waals surface area contributed by atoms with Crippen molar-refractivity contribution in [1.29, 1.82) is 0 Å². The van der Waals surface area contributed by atoms with Gasteiger partial charge in [0.2, 0.25) is 0 Å². The smallest absolute Gasteiger partial charge is 0.328 e. The number of rotatable bonds is 7. The average molecular weight is 402 g/mol. The fourth-order valence-corrected chi connectivity index (χ4v) is 3.33. The average Bonchev–Trinajstić information content (AvgIpc) is 3.21. The zero-order valence-corrected chi connectivity index (χ0v) is 17.0. The number of nitrogens with zero attached hydrogens (tertiary/aromatic N) is 2. The first-order chi connectivity index (χ1) is 14.0. The molecule has 29 heavy (non-hydrogen) atoms. The highest BCUT2D eigenvalue weighted by atomic mass is 16.5. The van der Waals surface area contributed by atoms with Gasteiger partial charge in [-0.05, 0) is 50.8 Å². The highest BCUT2D eigenvalue weighted by molar-refractivity contribution is 5.95. The number of methoxy groups -OCH3 is 1. The minimum absolute atomic E-state index is 0.0982. The Labute approximate surface area is 169 Å². The van der Waals surface area contributed by atoms with Crippen molar-refractivity contribution >= 4 is 11.9 Å². The van der Waals surface area contributed by atoms with Crippen molar-refractivity contribution in [1.82, 2.24) is 10.1 Å². The Morgan fingerprint density at radius 3 is 2.83 bits per heavy atom. The first kappa shape index (κ1) is 20.7. The number of aromatic nitrogens is 1. The maximum atomic E-state index is 12.9. The second-order valence-corrected chi connectivity index (χ2v) is 6.88. The Kier molecular flexibility index (Phi) is 6.74. The number of piperidine rings is 1. The number of hydrogen-bond donors (Lipinski definition) is 0. The van der Waals surface area contributed by atoms with Crippen molar-refractivity contribution in [2.24, 2.45) is 0 Å². The molecule has 8 nitrogen and oxygen atoms in total. The van der Waals surface area contributed by atoms with Gasteiger partial charge in [0.15, 0.2) is 23.0 Å². The van der Waals surface area contributed by atoms with Gasteiger partial charge in [-0.1, -0.05) is 11.2 Å². The zero-order valence-electron chi connectivity index (χ0n) is 17.0. The molecule has 1 amide bonds. The van der Waals surface area contributed by atoms with Crippen LogP contribution in [0.25, 0.3) is 0 Å². The molecule has 0 saturated carbocycles. The Morgan fingerprint density at radius 2 is 2.07 bits per heavy atom. The van der Waals surface area contributed by atoms with Crippen molar-refractivity contribution in [3.05, 3.63) is 41.3 Å². The molecule has 0 aliphatic carbocycles. The molecule has 2 aromatic rings. The second kappa shape index (κ2) is 9.45. The van der Waals surface area contributed by atoms with E-state index >= 15 is 0 Å². The van der Waals surface area contributed by atoms with Gasteiger partial charge in [0, 0.05) is 12.6 Å². The van der Waals surface area contributed by atoms with Crippen molar-refractivity contribution in [3.8, 4) is 11.5 Å². The van der Waals surface area contributed by atoms with E-state index in [-0.39, 0.29) is 30.8 Å². The molecule has 156 valence electrons. The third-order valence-corrected chi connectivity index (χ3v) is 4.79. The molecule has 1 aliphatic rings. The van der Waals surface area contributed by atoms with Crippen molar-refractivity contribution in [3.63, 3.8) is 0 Å². The predicted molar refractivity (Wildman–Crippen MR) is 104 cm³/mol. The van der Waals surface area contributed by atoms with Crippen LogP contribution in [-0.4, -0.2) is 48.2 Å². The van der Waals surface area contributed by atoms with E-state index in [2.05, 4.69) is 5.16 Å². The fourth-order valence-electron chi connectivity index (χ4n) is 3.33. The minimum atomic E-state index is -0.579. The number of hydrogen-bond acceptors (Lipinski definition) is 7. The van der Waals surface area contributed by atoms with Crippen LogP contribution >= 0.6 is 0 Å². The summed E-state index contributed by atoms with van der Waals surface area (Å²) >= 11 is 0. The molecule has 1 aliphatic heterocycles. The summed E-state index contributed by atoms with van der Waals surface area (Å²) in [5.74, 6) is 0.873. The van der Waals surface area contributed by atoms with Crippen molar-refractivity contribution in [2.75, 3.05) is 20.3 Å². The Hall–Kier alpha value is -3.03.